The Bertz CT molecular complexity index is 754. The second-order valence-electron chi connectivity index (χ2n) is 5.19. The van der Waals surface area contributed by atoms with Gasteiger partial charge in [0.15, 0.2) is 6.04 Å². The van der Waals surface area contributed by atoms with E-state index in [2.05, 4.69) is 10.4 Å². The second kappa shape index (κ2) is 5.88. The Hall–Kier alpha value is -2.61. The first-order valence-electron chi connectivity index (χ1n) is 6.84. The molecule has 2 N–H and O–H groups in total. The SMILES string of the molecule is Cc1ccc(C2=NN(/C=C3\SC(=O)NC3=O)[C@@H](C(=O)O)C2)cc1. The average Bonchev–Trinajstić information content (AvgIpc) is 3.04. The minimum absolute atomic E-state index is 0.134. The Morgan fingerprint density at radius 3 is 2.65 bits per heavy atom. The summed E-state index contributed by atoms with van der Waals surface area (Å²) in [5.74, 6) is -1.58. The van der Waals surface area contributed by atoms with Crippen molar-refractivity contribution >= 4 is 34.6 Å². The highest BCUT2D eigenvalue weighted by Crippen LogP contribution is 2.27. The zero-order valence-electron chi connectivity index (χ0n) is 12.1. The van der Waals surface area contributed by atoms with Gasteiger partial charge in [-0.2, -0.15) is 5.10 Å². The number of imide groups is 1. The van der Waals surface area contributed by atoms with Crippen LogP contribution in [0.3, 0.4) is 0 Å². The van der Waals surface area contributed by atoms with Crippen molar-refractivity contribution in [3.05, 3.63) is 46.5 Å². The van der Waals surface area contributed by atoms with Crippen LogP contribution in [0.25, 0.3) is 0 Å². The number of aliphatic carboxylic acids is 1. The second-order valence-corrected chi connectivity index (χ2v) is 6.20. The maximum atomic E-state index is 11.6. The van der Waals surface area contributed by atoms with E-state index in [1.54, 1.807) is 0 Å². The summed E-state index contributed by atoms with van der Waals surface area (Å²) in [4.78, 5) is 34.4. The van der Waals surface area contributed by atoms with Gasteiger partial charge in [0.1, 0.15) is 4.91 Å². The maximum Gasteiger partial charge on any atom is 0.328 e. The van der Waals surface area contributed by atoms with Gasteiger partial charge >= 0.3 is 5.97 Å². The van der Waals surface area contributed by atoms with E-state index in [0.717, 1.165) is 22.9 Å². The van der Waals surface area contributed by atoms with Crippen LogP contribution in [0.15, 0.2) is 40.5 Å². The van der Waals surface area contributed by atoms with Crippen LogP contribution in [0.4, 0.5) is 4.79 Å². The third-order valence-electron chi connectivity index (χ3n) is 3.50. The lowest BCUT2D eigenvalue weighted by Gasteiger charge is -2.15. The molecule has 0 bridgehead atoms. The highest BCUT2D eigenvalue weighted by Gasteiger charge is 2.34. The number of thioether (sulfide) groups is 1. The van der Waals surface area contributed by atoms with Gasteiger partial charge < -0.3 is 5.11 Å². The number of amides is 2. The summed E-state index contributed by atoms with van der Waals surface area (Å²) in [6.45, 7) is 1.96. The van der Waals surface area contributed by atoms with Crippen LogP contribution < -0.4 is 5.32 Å². The van der Waals surface area contributed by atoms with Gasteiger partial charge in [-0.15, -0.1) is 0 Å². The summed E-state index contributed by atoms with van der Waals surface area (Å²) in [7, 11) is 0. The van der Waals surface area contributed by atoms with E-state index in [4.69, 9.17) is 0 Å². The summed E-state index contributed by atoms with van der Waals surface area (Å²) in [6.07, 6.45) is 1.54. The molecule has 2 aliphatic heterocycles. The van der Waals surface area contributed by atoms with Crippen LogP contribution in [0.5, 0.6) is 0 Å². The smallest absolute Gasteiger partial charge is 0.328 e. The Morgan fingerprint density at radius 2 is 2.09 bits per heavy atom. The maximum absolute atomic E-state index is 11.6. The van der Waals surface area contributed by atoms with Crippen molar-refractivity contribution in [1.82, 2.24) is 10.3 Å². The summed E-state index contributed by atoms with van der Waals surface area (Å²) in [5, 5.41) is 16.6. The molecule has 0 unspecified atom stereocenters. The van der Waals surface area contributed by atoms with Gasteiger partial charge in [-0.05, 0) is 24.2 Å². The van der Waals surface area contributed by atoms with Crippen LogP contribution in [-0.2, 0) is 9.59 Å². The lowest BCUT2D eigenvalue weighted by Crippen LogP contribution is -2.31. The largest absolute Gasteiger partial charge is 0.480 e. The predicted molar refractivity (Wildman–Crippen MR) is 84.8 cm³/mol. The molecule has 0 radical (unpaired) electrons. The molecule has 0 aromatic heterocycles. The molecule has 3 rings (SSSR count). The van der Waals surface area contributed by atoms with E-state index in [1.807, 2.05) is 31.2 Å². The molecule has 1 aromatic rings. The van der Waals surface area contributed by atoms with E-state index in [9.17, 15) is 19.5 Å². The third-order valence-corrected chi connectivity index (χ3v) is 4.30. The lowest BCUT2D eigenvalue weighted by atomic mass is 10.0. The number of carbonyl (C=O) groups excluding carboxylic acids is 2. The van der Waals surface area contributed by atoms with Crippen molar-refractivity contribution in [3.8, 4) is 0 Å². The van der Waals surface area contributed by atoms with Crippen LogP contribution >= 0.6 is 11.8 Å². The number of carboxylic acids is 1. The van der Waals surface area contributed by atoms with Gasteiger partial charge in [-0.3, -0.25) is 19.9 Å². The number of carboxylic acid groups (broad SMARTS) is 1. The van der Waals surface area contributed by atoms with Crippen molar-refractivity contribution < 1.29 is 19.5 Å². The van der Waals surface area contributed by atoms with Gasteiger partial charge in [0.05, 0.1) is 5.71 Å². The molecule has 0 spiro atoms. The van der Waals surface area contributed by atoms with Crippen molar-refractivity contribution in [2.24, 2.45) is 5.10 Å². The topological polar surface area (TPSA) is 99.1 Å². The van der Waals surface area contributed by atoms with E-state index < -0.39 is 23.2 Å². The molecule has 2 amide bonds. The number of nitrogens with zero attached hydrogens (tertiary/aromatic N) is 2. The Labute approximate surface area is 136 Å². The van der Waals surface area contributed by atoms with E-state index >= 15 is 0 Å². The van der Waals surface area contributed by atoms with E-state index in [1.165, 1.54) is 11.2 Å². The number of hydrazone groups is 1. The number of carbonyl (C=O) groups is 3. The first-order valence-corrected chi connectivity index (χ1v) is 7.66. The summed E-state index contributed by atoms with van der Waals surface area (Å²) in [5.41, 5.74) is 2.56. The number of benzene rings is 1. The number of aryl methyl sites for hydroxylation is 1. The highest BCUT2D eigenvalue weighted by atomic mass is 32.2. The first kappa shape index (κ1) is 15.3. The van der Waals surface area contributed by atoms with Crippen LogP contribution in [0.1, 0.15) is 17.5 Å². The molecular weight excluding hydrogens is 318 g/mol. The molecule has 8 heteroatoms. The molecule has 1 aromatic carbocycles. The fourth-order valence-electron chi connectivity index (χ4n) is 2.30. The quantitative estimate of drug-likeness (QED) is 0.818. The van der Waals surface area contributed by atoms with Gasteiger partial charge in [0, 0.05) is 12.6 Å². The van der Waals surface area contributed by atoms with E-state index in [0.29, 0.717) is 5.71 Å². The van der Waals surface area contributed by atoms with Crippen molar-refractivity contribution in [1.29, 1.82) is 0 Å². The summed E-state index contributed by atoms with van der Waals surface area (Å²) in [6, 6.07) is 6.71. The molecule has 2 heterocycles. The molecule has 118 valence electrons. The minimum Gasteiger partial charge on any atom is -0.480 e. The Kier molecular flexibility index (Phi) is 3.91. The Morgan fingerprint density at radius 1 is 1.39 bits per heavy atom. The van der Waals surface area contributed by atoms with Gasteiger partial charge in [-0.25, -0.2) is 4.79 Å². The zero-order valence-corrected chi connectivity index (χ0v) is 13.0. The van der Waals surface area contributed by atoms with E-state index in [-0.39, 0.29) is 11.3 Å². The summed E-state index contributed by atoms with van der Waals surface area (Å²) >= 11 is 0.731. The fourth-order valence-corrected chi connectivity index (χ4v) is 2.95. The molecule has 0 aliphatic carbocycles. The molecule has 0 saturated carbocycles. The fraction of sp³-hybridized carbons (Fsp3) is 0.200. The minimum atomic E-state index is -1.04. The number of nitrogens with one attached hydrogen (secondary N) is 1. The standard InChI is InChI=1S/C15H13N3O4S/c1-8-2-4-9(5-3-8)10-6-11(14(20)21)18(17-10)7-12-13(19)16-15(22)23-12/h2-5,7,11H,6H2,1H3,(H,20,21)(H,16,19,22)/b12-7-/t11-/m1/s1. The van der Waals surface area contributed by atoms with Crippen molar-refractivity contribution in [2.45, 2.75) is 19.4 Å². The van der Waals surface area contributed by atoms with Crippen LogP contribution in [0.2, 0.25) is 0 Å². The summed E-state index contributed by atoms with van der Waals surface area (Å²) < 4.78 is 0. The number of rotatable bonds is 3. The normalized spacial score (nSPS) is 22.5. The molecule has 1 saturated heterocycles. The monoisotopic (exact) mass is 331 g/mol. The molecular formula is C15H13N3O4S. The first-order chi connectivity index (χ1) is 10.9. The highest BCUT2D eigenvalue weighted by molar-refractivity contribution is 8.18. The van der Waals surface area contributed by atoms with Crippen molar-refractivity contribution in [2.75, 3.05) is 0 Å². The lowest BCUT2D eigenvalue weighted by molar-refractivity contribution is -0.141. The molecule has 1 atom stereocenters. The Balaban J connectivity index is 1.91. The van der Waals surface area contributed by atoms with Crippen LogP contribution in [-0.4, -0.2) is 39.0 Å². The third kappa shape index (κ3) is 3.11. The molecule has 23 heavy (non-hydrogen) atoms. The molecule has 2 aliphatic rings. The number of hydrogen-bond acceptors (Lipinski definition) is 6. The number of hydrogen-bond donors (Lipinski definition) is 2. The average molecular weight is 331 g/mol. The zero-order chi connectivity index (χ0) is 16.6. The van der Waals surface area contributed by atoms with Crippen LogP contribution in [0, 0.1) is 6.92 Å². The van der Waals surface area contributed by atoms with Gasteiger partial charge in [0.25, 0.3) is 11.1 Å². The van der Waals surface area contributed by atoms with Gasteiger partial charge in [-0.1, -0.05) is 29.8 Å². The van der Waals surface area contributed by atoms with Crippen molar-refractivity contribution in [3.63, 3.8) is 0 Å². The van der Waals surface area contributed by atoms with Gasteiger partial charge in [0.2, 0.25) is 0 Å². The molecule has 1 fully saturated rings. The molecule has 7 nitrogen and oxygen atoms in total. The predicted octanol–water partition coefficient (Wildman–Crippen LogP) is 1.68.